The van der Waals surface area contributed by atoms with Crippen LogP contribution in [-0.4, -0.2) is 31.4 Å². The minimum Gasteiger partial charge on any atom is -0.468 e. The SMILES string of the molecule is CCCOC(=O)C1=C(C)NC2=C(C(=O)[C@H](C(=O)OC)[C@@H](C)C2)[C@@H]1c1ccc(F)c(Br)c1. The molecule has 8 heteroatoms. The number of dihydropyridines is 1. The second-order valence-electron chi connectivity index (χ2n) is 7.84. The van der Waals surface area contributed by atoms with Crippen molar-refractivity contribution in [1.82, 2.24) is 5.32 Å². The number of nitrogens with one attached hydrogen (secondary N) is 1. The van der Waals surface area contributed by atoms with Crippen LogP contribution in [0.1, 0.15) is 45.1 Å². The minimum atomic E-state index is -0.969. The number of carbonyl (C=O) groups is 3. The van der Waals surface area contributed by atoms with Crippen molar-refractivity contribution >= 4 is 33.7 Å². The molecular weight excluding hydrogens is 469 g/mol. The molecule has 0 fully saturated rings. The zero-order valence-electron chi connectivity index (χ0n) is 17.9. The number of esters is 2. The molecule has 3 rings (SSSR count). The van der Waals surface area contributed by atoms with Gasteiger partial charge < -0.3 is 14.8 Å². The predicted molar refractivity (Wildman–Crippen MR) is 115 cm³/mol. The molecule has 2 aliphatic rings. The molecule has 166 valence electrons. The minimum absolute atomic E-state index is 0.214. The molecule has 0 radical (unpaired) electrons. The monoisotopic (exact) mass is 493 g/mol. The largest absolute Gasteiger partial charge is 0.468 e. The van der Waals surface area contributed by atoms with Gasteiger partial charge in [0, 0.05) is 22.9 Å². The van der Waals surface area contributed by atoms with Crippen LogP contribution in [0.4, 0.5) is 4.39 Å². The van der Waals surface area contributed by atoms with E-state index in [0.29, 0.717) is 35.4 Å². The lowest BCUT2D eigenvalue weighted by molar-refractivity contribution is -0.151. The maximum absolute atomic E-state index is 13.9. The van der Waals surface area contributed by atoms with Gasteiger partial charge in [0.2, 0.25) is 0 Å². The summed E-state index contributed by atoms with van der Waals surface area (Å²) < 4.78 is 24.4. The van der Waals surface area contributed by atoms with Crippen molar-refractivity contribution in [2.75, 3.05) is 13.7 Å². The smallest absolute Gasteiger partial charge is 0.336 e. The van der Waals surface area contributed by atoms with E-state index in [4.69, 9.17) is 9.47 Å². The first kappa shape index (κ1) is 23.2. The second-order valence-corrected chi connectivity index (χ2v) is 8.70. The van der Waals surface area contributed by atoms with Crippen LogP contribution in [-0.2, 0) is 23.9 Å². The number of allylic oxidation sites excluding steroid dienone is 3. The summed E-state index contributed by atoms with van der Waals surface area (Å²) in [6.45, 7) is 5.69. The summed E-state index contributed by atoms with van der Waals surface area (Å²) >= 11 is 3.19. The van der Waals surface area contributed by atoms with Crippen LogP contribution in [0, 0.1) is 17.7 Å². The van der Waals surface area contributed by atoms with Crippen molar-refractivity contribution in [3.8, 4) is 0 Å². The Kier molecular flexibility index (Phi) is 6.99. The molecule has 1 heterocycles. The van der Waals surface area contributed by atoms with E-state index in [9.17, 15) is 18.8 Å². The molecular formula is C23H25BrFNO5. The van der Waals surface area contributed by atoms with Crippen molar-refractivity contribution in [3.63, 3.8) is 0 Å². The van der Waals surface area contributed by atoms with Gasteiger partial charge in [-0.2, -0.15) is 0 Å². The quantitative estimate of drug-likeness (QED) is 0.489. The van der Waals surface area contributed by atoms with E-state index in [1.807, 2.05) is 13.8 Å². The third-order valence-corrected chi connectivity index (χ3v) is 6.28. The Morgan fingerprint density at radius 3 is 2.65 bits per heavy atom. The number of ether oxygens (including phenoxy) is 2. The number of hydrogen-bond acceptors (Lipinski definition) is 6. The number of carbonyl (C=O) groups excluding carboxylic acids is 3. The van der Waals surface area contributed by atoms with Gasteiger partial charge in [-0.1, -0.05) is 19.9 Å². The van der Waals surface area contributed by atoms with E-state index in [1.54, 1.807) is 19.1 Å². The summed E-state index contributed by atoms with van der Waals surface area (Å²) in [5, 5.41) is 3.19. The van der Waals surface area contributed by atoms with Crippen LogP contribution in [0.25, 0.3) is 0 Å². The fraction of sp³-hybridized carbons (Fsp3) is 0.435. The van der Waals surface area contributed by atoms with Crippen LogP contribution in [0.15, 0.2) is 45.2 Å². The second kappa shape index (κ2) is 9.34. The molecule has 0 aromatic heterocycles. The zero-order chi connectivity index (χ0) is 22.9. The Morgan fingerprint density at radius 2 is 2.03 bits per heavy atom. The van der Waals surface area contributed by atoms with E-state index in [2.05, 4.69) is 21.2 Å². The molecule has 1 aromatic rings. The summed E-state index contributed by atoms with van der Waals surface area (Å²) in [4.78, 5) is 38.9. The molecule has 1 aromatic carbocycles. The molecule has 0 unspecified atom stereocenters. The molecule has 0 saturated carbocycles. The van der Waals surface area contributed by atoms with Gasteiger partial charge >= 0.3 is 11.9 Å². The summed E-state index contributed by atoms with van der Waals surface area (Å²) in [7, 11) is 1.25. The fourth-order valence-electron chi connectivity index (χ4n) is 4.25. The lowest BCUT2D eigenvalue weighted by atomic mass is 9.69. The van der Waals surface area contributed by atoms with Gasteiger partial charge in [0.25, 0.3) is 0 Å². The predicted octanol–water partition coefficient (Wildman–Crippen LogP) is 4.15. The van der Waals surface area contributed by atoms with E-state index < -0.39 is 35.4 Å². The Balaban J connectivity index is 2.18. The molecule has 0 spiro atoms. The first-order valence-corrected chi connectivity index (χ1v) is 10.9. The molecule has 1 N–H and O–H groups in total. The van der Waals surface area contributed by atoms with Crippen molar-refractivity contribution in [2.24, 2.45) is 11.8 Å². The number of ketones is 1. The Bertz CT molecular complexity index is 1000. The molecule has 0 amide bonds. The van der Waals surface area contributed by atoms with Crippen molar-refractivity contribution in [2.45, 2.75) is 39.5 Å². The van der Waals surface area contributed by atoms with Gasteiger partial charge in [-0.25, -0.2) is 9.18 Å². The van der Waals surface area contributed by atoms with Crippen molar-refractivity contribution in [1.29, 1.82) is 0 Å². The van der Waals surface area contributed by atoms with Gasteiger partial charge in [-0.15, -0.1) is 0 Å². The fourth-order valence-corrected chi connectivity index (χ4v) is 4.65. The molecule has 6 nitrogen and oxygen atoms in total. The summed E-state index contributed by atoms with van der Waals surface area (Å²) in [5.41, 5.74) is 2.38. The number of rotatable bonds is 5. The van der Waals surface area contributed by atoms with Crippen LogP contribution in [0.5, 0.6) is 0 Å². The number of halogens is 2. The molecule has 1 aliphatic carbocycles. The van der Waals surface area contributed by atoms with Crippen molar-refractivity contribution in [3.05, 3.63) is 56.6 Å². The van der Waals surface area contributed by atoms with Gasteiger partial charge in [-0.05, 0) is 59.3 Å². The zero-order valence-corrected chi connectivity index (χ0v) is 19.5. The Hall–Kier alpha value is -2.48. The summed E-state index contributed by atoms with van der Waals surface area (Å²) in [6, 6.07) is 4.37. The summed E-state index contributed by atoms with van der Waals surface area (Å²) in [5.74, 6) is -4.04. The van der Waals surface area contributed by atoms with Gasteiger partial charge in [0.1, 0.15) is 11.7 Å². The highest BCUT2D eigenvalue weighted by atomic mass is 79.9. The van der Waals surface area contributed by atoms with Crippen LogP contribution in [0.3, 0.4) is 0 Å². The Labute approximate surface area is 189 Å². The van der Waals surface area contributed by atoms with E-state index in [1.165, 1.54) is 13.2 Å². The standard InChI is InChI=1S/C23H25BrFNO5/c1-5-8-31-23(29)18-12(3)26-16-9-11(2)17(22(28)30-4)21(27)20(16)19(18)13-6-7-15(25)14(24)10-13/h6-7,10-11,17,19,26H,5,8-9H2,1-4H3/t11-,17+,19+/m0/s1. The van der Waals surface area contributed by atoms with E-state index in [-0.39, 0.29) is 22.6 Å². The van der Waals surface area contributed by atoms with Gasteiger partial charge in [-0.3, -0.25) is 9.59 Å². The summed E-state index contributed by atoms with van der Waals surface area (Å²) in [6.07, 6.45) is 1.08. The molecule has 0 bridgehead atoms. The van der Waals surface area contributed by atoms with Crippen molar-refractivity contribution < 1.29 is 28.2 Å². The maximum atomic E-state index is 13.9. The van der Waals surface area contributed by atoms with Gasteiger partial charge in [0.15, 0.2) is 5.78 Å². The number of methoxy groups -OCH3 is 1. The van der Waals surface area contributed by atoms with E-state index >= 15 is 0 Å². The highest BCUT2D eigenvalue weighted by Gasteiger charge is 2.47. The number of benzene rings is 1. The Morgan fingerprint density at radius 1 is 1.32 bits per heavy atom. The van der Waals surface area contributed by atoms with Crippen LogP contribution >= 0.6 is 15.9 Å². The lowest BCUT2D eigenvalue weighted by Crippen LogP contribution is -2.43. The van der Waals surface area contributed by atoms with E-state index in [0.717, 1.165) is 0 Å². The number of Topliss-reactive ketones (excluding diaryl/α,β-unsaturated/α-hetero) is 1. The molecule has 0 saturated heterocycles. The highest BCUT2D eigenvalue weighted by molar-refractivity contribution is 9.10. The molecule has 3 atom stereocenters. The number of hydrogen-bond donors (Lipinski definition) is 1. The van der Waals surface area contributed by atoms with Crippen LogP contribution < -0.4 is 5.32 Å². The third kappa shape index (κ3) is 4.31. The highest BCUT2D eigenvalue weighted by Crippen LogP contribution is 2.46. The first-order valence-electron chi connectivity index (χ1n) is 10.2. The third-order valence-electron chi connectivity index (χ3n) is 5.68. The normalized spacial score (nSPS) is 23.3. The lowest BCUT2D eigenvalue weighted by Gasteiger charge is -2.38. The topological polar surface area (TPSA) is 81.7 Å². The average molecular weight is 494 g/mol. The average Bonchev–Trinajstić information content (AvgIpc) is 2.72. The van der Waals surface area contributed by atoms with Gasteiger partial charge in [0.05, 0.1) is 23.8 Å². The maximum Gasteiger partial charge on any atom is 0.336 e. The van der Waals surface area contributed by atoms with Crippen LogP contribution in [0.2, 0.25) is 0 Å². The first-order chi connectivity index (χ1) is 14.7. The molecule has 1 aliphatic heterocycles. The molecule has 31 heavy (non-hydrogen) atoms.